The molecule has 2 aliphatic heterocycles. The number of amides is 1. The van der Waals surface area contributed by atoms with Crippen LogP contribution in [0.5, 0.6) is 0 Å². The van der Waals surface area contributed by atoms with E-state index in [1.54, 1.807) is 30.4 Å². The van der Waals surface area contributed by atoms with Crippen LogP contribution in [0, 0.1) is 5.92 Å². The Morgan fingerprint density at radius 1 is 1.35 bits per heavy atom. The summed E-state index contributed by atoms with van der Waals surface area (Å²) >= 11 is 0. The van der Waals surface area contributed by atoms with E-state index in [4.69, 9.17) is 4.74 Å². The van der Waals surface area contributed by atoms with Gasteiger partial charge in [-0.15, -0.1) is 0 Å². The molecule has 0 unspecified atom stereocenters. The molecule has 0 saturated carbocycles. The lowest BCUT2D eigenvalue weighted by Gasteiger charge is -2.41. The zero-order valence-electron chi connectivity index (χ0n) is 15.3. The van der Waals surface area contributed by atoms with E-state index in [1.807, 2.05) is 24.2 Å². The highest BCUT2D eigenvalue weighted by Gasteiger charge is 2.46. The molecule has 2 aromatic rings. The van der Waals surface area contributed by atoms with Gasteiger partial charge in [0.15, 0.2) is 0 Å². The summed E-state index contributed by atoms with van der Waals surface area (Å²) < 4.78 is 7.42. The van der Waals surface area contributed by atoms with Gasteiger partial charge in [0.1, 0.15) is 0 Å². The molecule has 0 aromatic carbocycles. The third-order valence-electron chi connectivity index (χ3n) is 5.59. The number of aromatic nitrogens is 3. The zero-order chi connectivity index (χ0) is 18.1. The monoisotopic (exact) mass is 355 g/mol. The number of ether oxygens (including phenoxy) is 1. The van der Waals surface area contributed by atoms with Gasteiger partial charge in [-0.3, -0.25) is 19.4 Å². The molecule has 7 heteroatoms. The molecule has 0 spiro atoms. The van der Waals surface area contributed by atoms with E-state index in [9.17, 15) is 4.79 Å². The Hall–Kier alpha value is -2.25. The SMILES string of the molecule is CO[C@H]1CCN(C(=O)c2cnn(C)c2)[C@@H]2CN(Cc3cccnc3)C[C@H]12. The van der Waals surface area contributed by atoms with Gasteiger partial charge in [0.25, 0.3) is 5.91 Å². The number of carbonyl (C=O) groups is 1. The average Bonchev–Trinajstić information content (AvgIpc) is 3.27. The number of aryl methyl sites for hydroxylation is 1. The molecule has 0 aliphatic carbocycles. The summed E-state index contributed by atoms with van der Waals surface area (Å²) in [4.78, 5) is 21.7. The molecule has 0 radical (unpaired) electrons. The van der Waals surface area contributed by atoms with E-state index in [0.29, 0.717) is 11.5 Å². The number of rotatable bonds is 4. The Bertz CT molecular complexity index is 762. The van der Waals surface area contributed by atoms with Crippen molar-refractivity contribution in [1.29, 1.82) is 0 Å². The van der Waals surface area contributed by atoms with Crippen molar-refractivity contribution in [2.24, 2.45) is 13.0 Å². The van der Waals surface area contributed by atoms with E-state index in [0.717, 1.165) is 32.6 Å². The van der Waals surface area contributed by atoms with Crippen molar-refractivity contribution >= 4 is 5.91 Å². The molecular formula is C19H25N5O2. The molecule has 2 aromatic heterocycles. The highest BCUT2D eigenvalue weighted by Crippen LogP contribution is 2.34. The number of hydrogen-bond acceptors (Lipinski definition) is 5. The molecule has 2 fully saturated rings. The molecule has 138 valence electrons. The van der Waals surface area contributed by atoms with Gasteiger partial charge in [0, 0.05) is 64.8 Å². The van der Waals surface area contributed by atoms with Crippen LogP contribution in [-0.2, 0) is 18.3 Å². The van der Waals surface area contributed by atoms with Crippen LogP contribution in [0.15, 0.2) is 36.9 Å². The minimum Gasteiger partial charge on any atom is -0.381 e. The molecule has 1 amide bonds. The number of pyridine rings is 1. The smallest absolute Gasteiger partial charge is 0.257 e. The van der Waals surface area contributed by atoms with Gasteiger partial charge in [-0.05, 0) is 18.1 Å². The highest BCUT2D eigenvalue weighted by atomic mass is 16.5. The molecule has 2 saturated heterocycles. The van der Waals surface area contributed by atoms with Crippen LogP contribution in [0.2, 0.25) is 0 Å². The van der Waals surface area contributed by atoms with Crippen molar-refractivity contribution in [3.63, 3.8) is 0 Å². The molecule has 4 heterocycles. The standard InChI is InChI=1S/C19H25N5O2/c1-22-11-15(9-21-22)19(25)24-7-5-18(26-2)16-12-23(13-17(16)24)10-14-4-3-6-20-8-14/h3-4,6,8-9,11,16-18H,5,7,10,12-13H2,1-2H3/t16-,17+,18-/m0/s1. The minimum absolute atomic E-state index is 0.0749. The van der Waals surface area contributed by atoms with Gasteiger partial charge in [-0.1, -0.05) is 6.07 Å². The summed E-state index contributed by atoms with van der Waals surface area (Å²) in [6, 6.07) is 4.24. The maximum absolute atomic E-state index is 13.0. The van der Waals surface area contributed by atoms with E-state index < -0.39 is 0 Å². The molecule has 7 nitrogen and oxygen atoms in total. The van der Waals surface area contributed by atoms with Crippen molar-refractivity contribution in [3.8, 4) is 0 Å². The van der Waals surface area contributed by atoms with Crippen LogP contribution in [0.25, 0.3) is 0 Å². The predicted molar refractivity (Wildman–Crippen MR) is 96.5 cm³/mol. The van der Waals surface area contributed by atoms with Crippen molar-refractivity contribution in [2.45, 2.75) is 25.1 Å². The van der Waals surface area contributed by atoms with Gasteiger partial charge in [0.05, 0.1) is 23.9 Å². The third kappa shape index (κ3) is 3.24. The van der Waals surface area contributed by atoms with Crippen molar-refractivity contribution in [3.05, 3.63) is 48.0 Å². The third-order valence-corrected chi connectivity index (χ3v) is 5.59. The van der Waals surface area contributed by atoms with Gasteiger partial charge < -0.3 is 9.64 Å². The maximum Gasteiger partial charge on any atom is 0.257 e. The van der Waals surface area contributed by atoms with Gasteiger partial charge >= 0.3 is 0 Å². The van der Waals surface area contributed by atoms with Crippen LogP contribution in [0.3, 0.4) is 0 Å². The fourth-order valence-electron chi connectivity index (χ4n) is 4.36. The number of methoxy groups -OCH3 is 1. The van der Waals surface area contributed by atoms with Gasteiger partial charge in [-0.25, -0.2) is 0 Å². The summed E-state index contributed by atoms with van der Waals surface area (Å²) in [5, 5.41) is 4.15. The van der Waals surface area contributed by atoms with Crippen molar-refractivity contribution in [2.75, 3.05) is 26.7 Å². The Morgan fingerprint density at radius 2 is 2.23 bits per heavy atom. The second kappa shape index (κ2) is 7.17. The number of likely N-dealkylation sites (tertiary alicyclic amines) is 2. The lowest BCUT2D eigenvalue weighted by atomic mass is 9.88. The summed E-state index contributed by atoms with van der Waals surface area (Å²) in [7, 11) is 3.62. The van der Waals surface area contributed by atoms with E-state index in [1.165, 1.54) is 5.56 Å². The first-order chi connectivity index (χ1) is 12.7. The normalized spacial score (nSPS) is 26.1. The second-order valence-electron chi connectivity index (χ2n) is 7.25. The fraction of sp³-hybridized carbons (Fsp3) is 0.526. The first-order valence-corrected chi connectivity index (χ1v) is 9.09. The van der Waals surface area contributed by atoms with Gasteiger partial charge in [0.2, 0.25) is 0 Å². The molecule has 4 rings (SSSR count). The molecule has 0 bridgehead atoms. The Morgan fingerprint density at radius 3 is 2.92 bits per heavy atom. The molecule has 3 atom stereocenters. The van der Waals surface area contributed by atoms with Gasteiger partial charge in [-0.2, -0.15) is 5.10 Å². The van der Waals surface area contributed by atoms with Crippen molar-refractivity contribution < 1.29 is 9.53 Å². The van der Waals surface area contributed by atoms with E-state index >= 15 is 0 Å². The number of fused-ring (bicyclic) bond motifs is 1. The van der Waals surface area contributed by atoms with Crippen LogP contribution in [0.1, 0.15) is 22.3 Å². The Balaban J connectivity index is 1.52. The van der Waals surface area contributed by atoms with E-state index in [-0.39, 0.29) is 18.1 Å². The number of piperidine rings is 1. The lowest BCUT2D eigenvalue weighted by Crippen LogP contribution is -2.53. The topological polar surface area (TPSA) is 63.5 Å². The van der Waals surface area contributed by atoms with Crippen molar-refractivity contribution in [1.82, 2.24) is 24.6 Å². The number of carbonyl (C=O) groups excluding carboxylic acids is 1. The maximum atomic E-state index is 13.0. The minimum atomic E-state index is 0.0749. The summed E-state index contributed by atoms with van der Waals surface area (Å²) in [6.45, 7) is 3.39. The first-order valence-electron chi connectivity index (χ1n) is 9.09. The van der Waals surface area contributed by atoms with E-state index in [2.05, 4.69) is 21.0 Å². The molecule has 0 N–H and O–H groups in total. The first kappa shape index (κ1) is 17.2. The van der Waals surface area contributed by atoms with Crippen LogP contribution >= 0.6 is 0 Å². The average molecular weight is 355 g/mol. The Labute approximate surface area is 153 Å². The van der Waals surface area contributed by atoms with Crippen LogP contribution in [-0.4, -0.2) is 69.4 Å². The summed E-state index contributed by atoms with van der Waals surface area (Å²) in [6.07, 6.45) is 8.24. The summed E-state index contributed by atoms with van der Waals surface area (Å²) in [5.74, 6) is 0.414. The largest absolute Gasteiger partial charge is 0.381 e. The highest BCUT2D eigenvalue weighted by molar-refractivity contribution is 5.94. The molecular weight excluding hydrogens is 330 g/mol. The van der Waals surface area contributed by atoms with Crippen LogP contribution < -0.4 is 0 Å². The fourth-order valence-corrected chi connectivity index (χ4v) is 4.36. The molecule has 26 heavy (non-hydrogen) atoms. The zero-order valence-corrected chi connectivity index (χ0v) is 15.3. The molecule has 2 aliphatic rings. The lowest BCUT2D eigenvalue weighted by molar-refractivity contribution is -0.0156. The van der Waals surface area contributed by atoms with Crippen LogP contribution in [0.4, 0.5) is 0 Å². The number of nitrogens with zero attached hydrogens (tertiary/aromatic N) is 5. The Kier molecular flexibility index (Phi) is 4.74. The summed E-state index contributed by atoms with van der Waals surface area (Å²) in [5.41, 5.74) is 1.86. The quantitative estimate of drug-likeness (QED) is 0.824. The number of hydrogen-bond donors (Lipinski definition) is 0. The predicted octanol–water partition coefficient (Wildman–Crippen LogP) is 1.18. The second-order valence-corrected chi connectivity index (χ2v) is 7.25.